The van der Waals surface area contributed by atoms with Gasteiger partial charge in [0.2, 0.25) is 6.41 Å². The van der Waals surface area contributed by atoms with E-state index >= 15 is 0 Å². The summed E-state index contributed by atoms with van der Waals surface area (Å²) in [5, 5.41) is 1.41. The van der Waals surface area contributed by atoms with E-state index < -0.39 is 0 Å². The normalized spacial score (nSPS) is 21.5. The van der Waals surface area contributed by atoms with E-state index in [1.807, 2.05) is 4.90 Å². The van der Waals surface area contributed by atoms with E-state index in [1.165, 1.54) is 34.1 Å². The van der Waals surface area contributed by atoms with E-state index in [-0.39, 0.29) is 0 Å². The van der Waals surface area contributed by atoms with Crippen LogP contribution in [0.4, 0.5) is 0 Å². The minimum atomic E-state index is 0.308. The van der Waals surface area contributed by atoms with Gasteiger partial charge in [-0.15, -0.1) is 0 Å². The number of hydrogen-bond acceptors (Lipinski definition) is 1. The lowest BCUT2D eigenvalue weighted by Gasteiger charge is -2.37. The van der Waals surface area contributed by atoms with Crippen LogP contribution in [0, 0.1) is 6.92 Å². The Kier molecular flexibility index (Phi) is 2.25. The monoisotopic (exact) mass is 254 g/mol. The van der Waals surface area contributed by atoms with Crippen molar-refractivity contribution in [2.45, 2.75) is 38.8 Å². The van der Waals surface area contributed by atoms with E-state index in [9.17, 15) is 4.79 Å². The minimum absolute atomic E-state index is 0.308. The number of rotatable bonds is 1. The molecular weight excluding hydrogens is 236 g/mol. The van der Waals surface area contributed by atoms with E-state index in [1.54, 1.807) is 0 Å². The van der Waals surface area contributed by atoms with Gasteiger partial charge in [-0.25, -0.2) is 0 Å². The first-order valence-corrected chi connectivity index (χ1v) is 7.12. The second-order valence-corrected chi connectivity index (χ2v) is 5.79. The summed E-state index contributed by atoms with van der Waals surface area (Å²) in [5.74, 6) is 0. The van der Waals surface area contributed by atoms with Crippen molar-refractivity contribution in [2.24, 2.45) is 0 Å². The molecule has 1 aromatic carbocycles. The topological polar surface area (TPSA) is 25.2 Å². The molecule has 1 unspecified atom stereocenters. The Hall–Kier alpha value is -1.77. The van der Waals surface area contributed by atoms with Crippen molar-refractivity contribution < 1.29 is 4.79 Å². The van der Waals surface area contributed by atoms with E-state index in [0.717, 1.165) is 32.3 Å². The Balaban J connectivity index is 2.04. The zero-order valence-corrected chi connectivity index (χ0v) is 11.2. The molecule has 2 heterocycles. The molecule has 2 aliphatic rings. The average molecular weight is 254 g/mol. The van der Waals surface area contributed by atoms with Crippen molar-refractivity contribution in [1.29, 1.82) is 0 Å². The van der Waals surface area contributed by atoms with Crippen molar-refractivity contribution in [3.8, 4) is 0 Å². The van der Waals surface area contributed by atoms with Gasteiger partial charge in [0.15, 0.2) is 0 Å². The van der Waals surface area contributed by atoms with Gasteiger partial charge in [-0.2, -0.15) is 0 Å². The smallest absolute Gasteiger partial charge is 0.210 e. The zero-order chi connectivity index (χ0) is 13.0. The van der Waals surface area contributed by atoms with Gasteiger partial charge in [0.05, 0.1) is 6.04 Å². The van der Waals surface area contributed by atoms with Crippen molar-refractivity contribution in [2.75, 3.05) is 6.54 Å². The maximum Gasteiger partial charge on any atom is 0.210 e. The molecule has 2 aromatic rings. The fourth-order valence-electron chi connectivity index (χ4n) is 3.87. The molecule has 1 aliphatic heterocycles. The molecule has 3 heteroatoms. The van der Waals surface area contributed by atoms with Crippen LogP contribution in [0.1, 0.15) is 35.7 Å². The van der Waals surface area contributed by atoms with Gasteiger partial charge in [-0.1, -0.05) is 11.6 Å². The third-order valence-electron chi connectivity index (χ3n) is 4.71. The van der Waals surface area contributed by atoms with E-state index in [2.05, 4.69) is 29.7 Å². The molecule has 98 valence electrons. The zero-order valence-electron chi connectivity index (χ0n) is 11.2. The summed E-state index contributed by atoms with van der Waals surface area (Å²) >= 11 is 0. The molecule has 1 aromatic heterocycles. The number of benzene rings is 1. The van der Waals surface area contributed by atoms with E-state index in [4.69, 9.17) is 0 Å². The highest BCUT2D eigenvalue weighted by atomic mass is 16.1. The van der Waals surface area contributed by atoms with Gasteiger partial charge in [-0.3, -0.25) is 4.79 Å². The molecule has 0 radical (unpaired) electrons. The molecular formula is C16H18N2O. The number of carbonyl (C=O) groups excluding carboxylic acids is 1. The Morgan fingerprint density at radius 2 is 2.21 bits per heavy atom. The number of aryl methyl sites for hydroxylation is 2. The molecule has 0 N–H and O–H groups in total. The largest absolute Gasteiger partial charge is 0.341 e. The highest BCUT2D eigenvalue weighted by Gasteiger charge is 2.33. The maximum atomic E-state index is 11.3. The summed E-state index contributed by atoms with van der Waals surface area (Å²) in [5.41, 5.74) is 5.57. The molecule has 0 spiro atoms. The lowest BCUT2D eigenvalue weighted by atomic mass is 9.90. The molecule has 1 amide bonds. The van der Waals surface area contributed by atoms with Gasteiger partial charge in [0.25, 0.3) is 0 Å². The van der Waals surface area contributed by atoms with Crippen molar-refractivity contribution >= 4 is 17.3 Å². The average Bonchev–Trinajstić information content (AvgIpc) is 2.75. The van der Waals surface area contributed by atoms with E-state index in [0.29, 0.717) is 6.04 Å². The Labute approximate surface area is 112 Å². The van der Waals surface area contributed by atoms with Gasteiger partial charge in [-0.05, 0) is 43.9 Å². The van der Waals surface area contributed by atoms with Crippen LogP contribution < -0.4 is 0 Å². The van der Waals surface area contributed by atoms with Crippen LogP contribution >= 0.6 is 0 Å². The summed E-state index contributed by atoms with van der Waals surface area (Å²) in [6.45, 7) is 3.93. The Bertz CT molecular complexity index is 671. The van der Waals surface area contributed by atoms with Crippen LogP contribution in [0.15, 0.2) is 18.2 Å². The summed E-state index contributed by atoms with van der Waals surface area (Å²) in [6.07, 6.45) is 4.49. The Morgan fingerprint density at radius 1 is 1.32 bits per heavy atom. The number of fused-ring (bicyclic) bond motifs is 3. The van der Waals surface area contributed by atoms with Crippen molar-refractivity contribution in [1.82, 2.24) is 9.47 Å². The second-order valence-electron chi connectivity index (χ2n) is 5.79. The molecule has 0 bridgehead atoms. The molecule has 0 saturated heterocycles. The van der Waals surface area contributed by atoms with Crippen LogP contribution in [0.5, 0.6) is 0 Å². The Morgan fingerprint density at radius 3 is 3.05 bits per heavy atom. The van der Waals surface area contributed by atoms with Crippen LogP contribution in [0.3, 0.4) is 0 Å². The molecule has 1 atom stereocenters. The van der Waals surface area contributed by atoms with Gasteiger partial charge < -0.3 is 9.47 Å². The highest BCUT2D eigenvalue weighted by molar-refractivity contribution is 5.87. The SMILES string of the molecule is Cc1ccc2c(c1)c1c3n2CCN(C=O)C3CCC1. The van der Waals surface area contributed by atoms with Crippen molar-refractivity contribution in [3.05, 3.63) is 35.0 Å². The summed E-state index contributed by atoms with van der Waals surface area (Å²) in [7, 11) is 0. The standard InChI is InChI=1S/C16H18N2O/c1-11-5-6-14-13(9-11)12-3-2-4-15-16(12)18(14)8-7-17(15)10-19/h5-6,9-10,15H,2-4,7-8H2,1H3. The van der Waals surface area contributed by atoms with Crippen LogP contribution in [-0.2, 0) is 17.8 Å². The predicted molar refractivity (Wildman–Crippen MR) is 75.1 cm³/mol. The molecule has 4 rings (SSSR count). The number of nitrogens with zero attached hydrogens (tertiary/aromatic N) is 2. The molecule has 19 heavy (non-hydrogen) atoms. The number of hydrogen-bond donors (Lipinski definition) is 0. The quantitative estimate of drug-likeness (QED) is 0.718. The van der Waals surface area contributed by atoms with Crippen LogP contribution in [0.2, 0.25) is 0 Å². The van der Waals surface area contributed by atoms with Gasteiger partial charge >= 0.3 is 0 Å². The fraction of sp³-hybridized carbons (Fsp3) is 0.438. The summed E-state index contributed by atoms with van der Waals surface area (Å²) in [4.78, 5) is 13.3. The third kappa shape index (κ3) is 1.41. The lowest BCUT2D eigenvalue weighted by Crippen LogP contribution is -2.38. The predicted octanol–water partition coefficient (Wildman–Crippen LogP) is 2.80. The molecule has 3 nitrogen and oxygen atoms in total. The fourth-order valence-corrected chi connectivity index (χ4v) is 3.87. The number of carbonyl (C=O) groups is 1. The first kappa shape index (κ1) is 11.1. The molecule has 0 fully saturated rings. The number of amides is 1. The maximum absolute atomic E-state index is 11.3. The minimum Gasteiger partial charge on any atom is -0.341 e. The molecule has 0 saturated carbocycles. The lowest BCUT2D eigenvalue weighted by molar-refractivity contribution is -0.121. The highest BCUT2D eigenvalue weighted by Crippen LogP contribution is 2.42. The third-order valence-corrected chi connectivity index (χ3v) is 4.71. The van der Waals surface area contributed by atoms with Crippen molar-refractivity contribution in [3.63, 3.8) is 0 Å². The first-order valence-electron chi connectivity index (χ1n) is 7.12. The summed E-state index contributed by atoms with van der Waals surface area (Å²) in [6, 6.07) is 7.06. The van der Waals surface area contributed by atoms with Crippen LogP contribution in [-0.4, -0.2) is 22.4 Å². The van der Waals surface area contributed by atoms with Crippen LogP contribution in [0.25, 0.3) is 10.9 Å². The first-order chi connectivity index (χ1) is 9.29. The number of aromatic nitrogens is 1. The van der Waals surface area contributed by atoms with Gasteiger partial charge in [0.1, 0.15) is 0 Å². The summed E-state index contributed by atoms with van der Waals surface area (Å²) < 4.78 is 2.45. The second kappa shape index (κ2) is 3.86. The van der Waals surface area contributed by atoms with Gasteiger partial charge in [0, 0.05) is 29.7 Å². The molecule has 1 aliphatic carbocycles.